The Morgan fingerprint density at radius 3 is 2.15 bits per heavy atom. The summed E-state index contributed by atoms with van der Waals surface area (Å²) in [7, 11) is 0. The maximum absolute atomic E-state index is 12.5. The van der Waals surface area contributed by atoms with Gasteiger partial charge in [-0.2, -0.15) is 0 Å². The number of nitrogens with one attached hydrogen (secondary N) is 2. The van der Waals surface area contributed by atoms with E-state index in [4.69, 9.17) is 11.6 Å². The Kier molecular flexibility index (Phi) is 5.52. The minimum absolute atomic E-state index is 0.127. The summed E-state index contributed by atoms with van der Waals surface area (Å²) in [4.78, 5) is 29.1. The molecule has 0 unspecified atom stereocenters. The van der Waals surface area contributed by atoms with Crippen molar-refractivity contribution in [2.24, 2.45) is 0 Å². The molecule has 1 aromatic heterocycles. The summed E-state index contributed by atoms with van der Waals surface area (Å²) < 4.78 is 0. The first kappa shape index (κ1) is 18.6. The highest BCUT2D eigenvalue weighted by Gasteiger charge is 2.14. The second-order valence-corrected chi connectivity index (χ2v) is 6.50. The molecule has 6 heteroatoms. The summed E-state index contributed by atoms with van der Waals surface area (Å²) in [5.41, 5.74) is 3.66. The van der Waals surface area contributed by atoms with E-state index in [-0.39, 0.29) is 17.3 Å². The minimum Gasteiger partial charge on any atom is -0.321 e. The number of hydrogen-bond donors (Lipinski definition) is 2. The second-order valence-electron chi connectivity index (χ2n) is 6.10. The van der Waals surface area contributed by atoms with Crippen molar-refractivity contribution >= 4 is 34.8 Å². The zero-order chi connectivity index (χ0) is 19.4. The highest BCUT2D eigenvalue weighted by molar-refractivity contribution is 6.33. The van der Waals surface area contributed by atoms with Gasteiger partial charge in [0.05, 0.1) is 10.7 Å². The van der Waals surface area contributed by atoms with Crippen LogP contribution in [0.4, 0.5) is 11.4 Å². The van der Waals surface area contributed by atoms with Gasteiger partial charge >= 0.3 is 0 Å². The lowest BCUT2D eigenvalue weighted by atomic mass is 10.1. The van der Waals surface area contributed by atoms with Crippen LogP contribution in [0.25, 0.3) is 0 Å². The van der Waals surface area contributed by atoms with E-state index >= 15 is 0 Å². The number of benzene rings is 2. The SMILES string of the molecule is Cc1ccc(NC(=O)c2cccc(C(=O)Nc3ccccc3Cl)n2)cc1C. The molecule has 0 radical (unpaired) electrons. The first-order valence-electron chi connectivity index (χ1n) is 8.35. The van der Waals surface area contributed by atoms with Crippen LogP contribution in [0.5, 0.6) is 0 Å². The molecule has 27 heavy (non-hydrogen) atoms. The van der Waals surface area contributed by atoms with Crippen LogP contribution < -0.4 is 10.6 Å². The van der Waals surface area contributed by atoms with E-state index in [2.05, 4.69) is 15.6 Å². The Bertz CT molecular complexity index is 1020. The van der Waals surface area contributed by atoms with E-state index in [1.807, 2.05) is 32.0 Å². The number of carbonyl (C=O) groups is 2. The fourth-order valence-corrected chi connectivity index (χ4v) is 2.63. The molecule has 0 saturated heterocycles. The van der Waals surface area contributed by atoms with Crippen LogP contribution in [-0.4, -0.2) is 16.8 Å². The van der Waals surface area contributed by atoms with Gasteiger partial charge in [0.15, 0.2) is 0 Å². The standard InChI is InChI=1S/C21H18ClN3O2/c1-13-10-11-15(12-14(13)2)23-20(26)18-8-5-9-19(24-18)21(27)25-17-7-4-3-6-16(17)22/h3-12H,1-2H3,(H,23,26)(H,25,27). The van der Waals surface area contributed by atoms with E-state index < -0.39 is 5.91 Å². The molecule has 0 fully saturated rings. The normalized spacial score (nSPS) is 10.3. The van der Waals surface area contributed by atoms with Crippen LogP contribution >= 0.6 is 11.6 Å². The summed E-state index contributed by atoms with van der Waals surface area (Å²) in [6, 6.07) is 17.3. The van der Waals surface area contributed by atoms with Gasteiger partial charge in [-0.25, -0.2) is 4.98 Å². The number of carbonyl (C=O) groups excluding carboxylic acids is 2. The number of nitrogens with zero attached hydrogens (tertiary/aromatic N) is 1. The number of aryl methyl sites for hydroxylation is 2. The third kappa shape index (κ3) is 4.51. The molecule has 5 nitrogen and oxygen atoms in total. The van der Waals surface area contributed by atoms with Crippen molar-refractivity contribution in [2.75, 3.05) is 10.6 Å². The molecule has 0 aliphatic heterocycles. The first-order chi connectivity index (χ1) is 12.9. The summed E-state index contributed by atoms with van der Waals surface area (Å²) in [6.45, 7) is 3.98. The number of rotatable bonds is 4. The van der Waals surface area contributed by atoms with Crippen LogP contribution in [0, 0.1) is 13.8 Å². The Balaban J connectivity index is 1.76. The number of pyridine rings is 1. The van der Waals surface area contributed by atoms with Crippen molar-refractivity contribution in [3.8, 4) is 0 Å². The number of amides is 2. The number of aromatic nitrogens is 1. The maximum Gasteiger partial charge on any atom is 0.274 e. The summed E-state index contributed by atoms with van der Waals surface area (Å²) >= 11 is 6.05. The molecule has 1 heterocycles. The molecular formula is C21H18ClN3O2. The van der Waals surface area contributed by atoms with Gasteiger partial charge in [0.2, 0.25) is 0 Å². The van der Waals surface area contributed by atoms with Crippen LogP contribution in [0.15, 0.2) is 60.7 Å². The fourth-order valence-electron chi connectivity index (χ4n) is 2.45. The molecule has 0 aliphatic rings. The number of halogens is 1. The third-order valence-electron chi connectivity index (χ3n) is 4.10. The molecule has 3 aromatic rings. The van der Waals surface area contributed by atoms with Crippen molar-refractivity contribution in [1.82, 2.24) is 4.98 Å². The smallest absolute Gasteiger partial charge is 0.274 e. The van der Waals surface area contributed by atoms with Gasteiger partial charge in [-0.1, -0.05) is 35.9 Å². The highest BCUT2D eigenvalue weighted by Crippen LogP contribution is 2.21. The number of hydrogen-bond acceptors (Lipinski definition) is 3. The van der Waals surface area contributed by atoms with Gasteiger partial charge in [-0.15, -0.1) is 0 Å². The zero-order valence-corrected chi connectivity index (χ0v) is 15.7. The molecular weight excluding hydrogens is 362 g/mol. The van der Waals surface area contributed by atoms with Crippen LogP contribution in [0.2, 0.25) is 5.02 Å². The number of para-hydroxylation sites is 1. The Hall–Kier alpha value is -3.18. The molecule has 2 aromatic carbocycles. The van der Waals surface area contributed by atoms with Crippen LogP contribution in [0.1, 0.15) is 32.1 Å². The lowest BCUT2D eigenvalue weighted by Gasteiger charge is -2.09. The average molecular weight is 380 g/mol. The van der Waals surface area contributed by atoms with Gasteiger partial charge < -0.3 is 10.6 Å². The van der Waals surface area contributed by atoms with Crippen molar-refractivity contribution in [1.29, 1.82) is 0 Å². The maximum atomic E-state index is 12.5. The van der Waals surface area contributed by atoms with Gasteiger partial charge in [0.1, 0.15) is 11.4 Å². The van der Waals surface area contributed by atoms with Gasteiger partial charge in [-0.3, -0.25) is 9.59 Å². The van der Waals surface area contributed by atoms with Crippen LogP contribution in [-0.2, 0) is 0 Å². The van der Waals surface area contributed by atoms with E-state index in [0.717, 1.165) is 11.1 Å². The fraction of sp³-hybridized carbons (Fsp3) is 0.0952. The van der Waals surface area contributed by atoms with Crippen molar-refractivity contribution < 1.29 is 9.59 Å². The molecule has 136 valence electrons. The Labute approximate surface area is 162 Å². The average Bonchev–Trinajstić information content (AvgIpc) is 2.66. The van der Waals surface area contributed by atoms with E-state index in [1.54, 1.807) is 42.5 Å². The minimum atomic E-state index is -0.441. The second kappa shape index (κ2) is 8.01. The van der Waals surface area contributed by atoms with E-state index in [0.29, 0.717) is 16.4 Å². The third-order valence-corrected chi connectivity index (χ3v) is 4.43. The lowest BCUT2D eigenvalue weighted by molar-refractivity contribution is 0.101. The summed E-state index contributed by atoms with van der Waals surface area (Å²) in [5, 5.41) is 5.91. The highest BCUT2D eigenvalue weighted by atomic mass is 35.5. The topological polar surface area (TPSA) is 71.1 Å². The number of anilines is 2. The van der Waals surface area contributed by atoms with Crippen LogP contribution in [0.3, 0.4) is 0 Å². The zero-order valence-electron chi connectivity index (χ0n) is 14.9. The predicted octanol–water partition coefficient (Wildman–Crippen LogP) is 4.86. The molecule has 3 rings (SSSR count). The Morgan fingerprint density at radius 2 is 1.48 bits per heavy atom. The van der Waals surface area contributed by atoms with E-state index in [1.165, 1.54) is 0 Å². The monoisotopic (exact) mass is 379 g/mol. The van der Waals surface area contributed by atoms with E-state index in [9.17, 15) is 9.59 Å². The molecule has 2 N–H and O–H groups in total. The van der Waals surface area contributed by atoms with Gasteiger partial charge in [0, 0.05) is 5.69 Å². The van der Waals surface area contributed by atoms with Gasteiger partial charge in [0.25, 0.3) is 11.8 Å². The molecule has 2 amide bonds. The summed E-state index contributed by atoms with van der Waals surface area (Å²) in [5.74, 6) is -0.824. The predicted molar refractivity (Wildman–Crippen MR) is 108 cm³/mol. The molecule has 0 bridgehead atoms. The summed E-state index contributed by atoms with van der Waals surface area (Å²) in [6.07, 6.45) is 0. The molecule has 0 spiro atoms. The molecule has 0 aliphatic carbocycles. The first-order valence-corrected chi connectivity index (χ1v) is 8.73. The lowest BCUT2D eigenvalue weighted by Crippen LogP contribution is -2.18. The largest absolute Gasteiger partial charge is 0.321 e. The molecule has 0 atom stereocenters. The quantitative estimate of drug-likeness (QED) is 0.680. The van der Waals surface area contributed by atoms with Crippen molar-refractivity contribution in [2.45, 2.75) is 13.8 Å². The van der Waals surface area contributed by atoms with Gasteiger partial charge in [-0.05, 0) is 61.4 Å². The Morgan fingerprint density at radius 1 is 0.815 bits per heavy atom. The van der Waals surface area contributed by atoms with Crippen molar-refractivity contribution in [3.63, 3.8) is 0 Å². The molecule has 0 saturated carbocycles. The van der Waals surface area contributed by atoms with Crippen molar-refractivity contribution in [3.05, 3.63) is 88.2 Å².